The van der Waals surface area contributed by atoms with E-state index in [0.717, 1.165) is 17.3 Å². The van der Waals surface area contributed by atoms with Crippen molar-refractivity contribution in [3.8, 4) is 0 Å². The molecule has 0 unspecified atom stereocenters. The minimum Gasteiger partial charge on any atom is -0.369 e. The minimum absolute atomic E-state index is 0.445. The van der Waals surface area contributed by atoms with Crippen molar-refractivity contribution in [3.63, 3.8) is 0 Å². The molecule has 0 atom stereocenters. The SMILES string of the molecule is FC(F)c1nc(NCCc2c[nH]c3ccccc23)c2ccccc2n1. The van der Waals surface area contributed by atoms with Crippen LogP contribution in [-0.4, -0.2) is 21.5 Å². The van der Waals surface area contributed by atoms with Gasteiger partial charge < -0.3 is 10.3 Å². The summed E-state index contributed by atoms with van der Waals surface area (Å²) in [7, 11) is 0. The Kier molecular flexibility index (Phi) is 4.01. The highest BCUT2D eigenvalue weighted by molar-refractivity contribution is 5.89. The van der Waals surface area contributed by atoms with Crippen LogP contribution in [0.15, 0.2) is 54.7 Å². The Morgan fingerprint density at radius 3 is 2.56 bits per heavy atom. The Bertz CT molecular complexity index is 1030. The Balaban J connectivity index is 1.58. The summed E-state index contributed by atoms with van der Waals surface area (Å²) in [5.41, 5.74) is 2.78. The number of hydrogen-bond acceptors (Lipinski definition) is 3. The largest absolute Gasteiger partial charge is 0.369 e. The summed E-state index contributed by atoms with van der Waals surface area (Å²) in [5, 5.41) is 5.10. The number of fused-ring (bicyclic) bond motifs is 2. The topological polar surface area (TPSA) is 53.6 Å². The van der Waals surface area contributed by atoms with Crippen LogP contribution in [0, 0.1) is 0 Å². The van der Waals surface area contributed by atoms with Gasteiger partial charge in [0.15, 0.2) is 5.82 Å². The molecule has 0 saturated carbocycles. The summed E-state index contributed by atoms with van der Waals surface area (Å²) < 4.78 is 26.1. The molecule has 2 aromatic carbocycles. The van der Waals surface area contributed by atoms with Crippen LogP contribution in [0.1, 0.15) is 17.8 Å². The van der Waals surface area contributed by atoms with Crippen molar-refractivity contribution in [3.05, 3.63) is 66.1 Å². The predicted octanol–water partition coefficient (Wildman–Crippen LogP) is 4.70. The van der Waals surface area contributed by atoms with E-state index in [-0.39, 0.29) is 0 Å². The third kappa shape index (κ3) is 3.03. The maximum Gasteiger partial charge on any atom is 0.297 e. The van der Waals surface area contributed by atoms with Crippen LogP contribution in [0.25, 0.3) is 21.8 Å². The van der Waals surface area contributed by atoms with Crippen molar-refractivity contribution < 1.29 is 8.78 Å². The Morgan fingerprint density at radius 2 is 1.72 bits per heavy atom. The highest BCUT2D eigenvalue weighted by Gasteiger charge is 2.15. The van der Waals surface area contributed by atoms with Crippen LogP contribution in [-0.2, 0) is 6.42 Å². The number of hydrogen-bond donors (Lipinski definition) is 2. The molecule has 126 valence electrons. The normalized spacial score (nSPS) is 11.5. The number of aromatic amines is 1. The molecule has 0 aliphatic rings. The van der Waals surface area contributed by atoms with Gasteiger partial charge >= 0.3 is 0 Å². The van der Waals surface area contributed by atoms with Gasteiger partial charge in [0.1, 0.15) is 5.82 Å². The standard InChI is InChI=1S/C19H16F2N4/c20-17(21)19-24-16-8-4-2-6-14(16)18(25-19)22-10-9-12-11-23-15-7-3-1-5-13(12)15/h1-8,11,17,23H,9-10H2,(H,22,24,25). The number of rotatable bonds is 5. The zero-order chi connectivity index (χ0) is 17.2. The first-order valence-electron chi connectivity index (χ1n) is 8.06. The van der Waals surface area contributed by atoms with Gasteiger partial charge in [-0.3, -0.25) is 0 Å². The van der Waals surface area contributed by atoms with Gasteiger partial charge in [0.05, 0.1) is 5.52 Å². The summed E-state index contributed by atoms with van der Waals surface area (Å²) >= 11 is 0. The summed E-state index contributed by atoms with van der Waals surface area (Å²) in [6.07, 6.45) is 0.0419. The lowest BCUT2D eigenvalue weighted by atomic mass is 10.1. The van der Waals surface area contributed by atoms with Gasteiger partial charge in [0.2, 0.25) is 0 Å². The average molecular weight is 338 g/mol. The monoisotopic (exact) mass is 338 g/mol. The fraction of sp³-hybridized carbons (Fsp3) is 0.158. The molecule has 2 aromatic heterocycles. The molecule has 0 fully saturated rings. The van der Waals surface area contributed by atoms with E-state index in [2.05, 4.69) is 26.3 Å². The molecule has 4 aromatic rings. The van der Waals surface area contributed by atoms with E-state index >= 15 is 0 Å². The van der Waals surface area contributed by atoms with Crippen LogP contribution >= 0.6 is 0 Å². The molecule has 0 amide bonds. The number of halogens is 2. The molecular weight excluding hydrogens is 322 g/mol. The Morgan fingerprint density at radius 1 is 0.960 bits per heavy atom. The van der Waals surface area contributed by atoms with E-state index in [0.29, 0.717) is 17.9 Å². The van der Waals surface area contributed by atoms with Crippen molar-refractivity contribution >= 4 is 27.6 Å². The summed E-state index contributed by atoms with van der Waals surface area (Å²) in [6.45, 7) is 0.589. The molecular formula is C19H16F2N4. The van der Waals surface area contributed by atoms with Gasteiger partial charge in [-0.15, -0.1) is 0 Å². The zero-order valence-electron chi connectivity index (χ0n) is 13.3. The number of anilines is 1. The zero-order valence-corrected chi connectivity index (χ0v) is 13.3. The second-order valence-corrected chi connectivity index (χ2v) is 5.78. The van der Waals surface area contributed by atoms with E-state index < -0.39 is 12.2 Å². The molecule has 0 spiro atoms. The molecule has 0 aliphatic carbocycles. The fourth-order valence-electron chi connectivity index (χ4n) is 2.98. The number of nitrogens with zero attached hydrogens (tertiary/aromatic N) is 2. The van der Waals surface area contributed by atoms with Crippen LogP contribution in [0.5, 0.6) is 0 Å². The molecule has 4 nitrogen and oxygen atoms in total. The van der Waals surface area contributed by atoms with Crippen molar-refractivity contribution in [1.82, 2.24) is 15.0 Å². The van der Waals surface area contributed by atoms with Crippen LogP contribution in [0.3, 0.4) is 0 Å². The van der Waals surface area contributed by atoms with Crippen LogP contribution < -0.4 is 5.32 Å². The lowest BCUT2D eigenvalue weighted by Crippen LogP contribution is -2.09. The second-order valence-electron chi connectivity index (χ2n) is 5.78. The van der Waals surface area contributed by atoms with Gasteiger partial charge in [-0.2, -0.15) is 0 Å². The molecule has 4 rings (SSSR count). The van der Waals surface area contributed by atoms with E-state index in [1.165, 1.54) is 10.9 Å². The maximum atomic E-state index is 13.0. The lowest BCUT2D eigenvalue weighted by molar-refractivity contribution is 0.141. The first-order valence-corrected chi connectivity index (χ1v) is 8.06. The highest BCUT2D eigenvalue weighted by Crippen LogP contribution is 2.24. The smallest absolute Gasteiger partial charge is 0.297 e. The second kappa shape index (κ2) is 6.47. The van der Waals surface area contributed by atoms with Crippen molar-refractivity contribution in [2.24, 2.45) is 0 Å². The summed E-state index contributed by atoms with van der Waals surface area (Å²) in [5.74, 6) is -0.00552. The van der Waals surface area contributed by atoms with E-state index in [1.807, 2.05) is 36.5 Å². The molecule has 0 bridgehead atoms. The number of benzene rings is 2. The number of nitrogens with one attached hydrogen (secondary N) is 2. The third-order valence-electron chi connectivity index (χ3n) is 4.18. The van der Waals surface area contributed by atoms with Gasteiger partial charge in [-0.25, -0.2) is 18.7 Å². The van der Waals surface area contributed by atoms with E-state index in [1.54, 1.807) is 12.1 Å². The van der Waals surface area contributed by atoms with E-state index in [9.17, 15) is 8.78 Å². The predicted molar refractivity (Wildman–Crippen MR) is 95.0 cm³/mol. The molecule has 25 heavy (non-hydrogen) atoms. The minimum atomic E-state index is -2.70. The van der Waals surface area contributed by atoms with Crippen molar-refractivity contribution in [1.29, 1.82) is 0 Å². The van der Waals surface area contributed by atoms with Gasteiger partial charge in [0, 0.05) is 29.0 Å². The first kappa shape index (κ1) is 15.5. The molecule has 0 aliphatic heterocycles. The number of alkyl halides is 2. The third-order valence-corrected chi connectivity index (χ3v) is 4.18. The molecule has 2 heterocycles. The van der Waals surface area contributed by atoms with Gasteiger partial charge in [-0.05, 0) is 30.2 Å². The summed E-state index contributed by atoms with van der Waals surface area (Å²) in [4.78, 5) is 11.2. The fourth-order valence-corrected chi connectivity index (χ4v) is 2.98. The van der Waals surface area contributed by atoms with Crippen LogP contribution in [0.4, 0.5) is 14.6 Å². The molecule has 2 N–H and O–H groups in total. The van der Waals surface area contributed by atoms with E-state index in [4.69, 9.17) is 0 Å². The first-order chi connectivity index (χ1) is 12.2. The maximum absolute atomic E-state index is 13.0. The number of H-pyrrole nitrogens is 1. The quantitative estimate of drug-likeness (QED) is 0.554. The lowest BCUT2D eigenvalue weighted by Gasteiger charge is -2.10. The number of para-hydroxylation sites is 2. The molecule has 6 heteroatoms. The molecule has 0 saturated heterocycles. The average Bonchev–Trinajstić information content (AvgIpc) is 3.05. The Labute approximate surface area is 142 Å². The van der Waals surface area contributed by atoms with Gasteiger partial charge in [0.25, 0.3) is 6.43 Å². The molecule has 0 radical (unpaired) electrons. The Hall–Kier alpha value is -3.02. The summed E-state index contributed by atoms with van der Waals surface area (Å²) in [6, 6.07) is 15.3. The van der Waals surface area contributed by atoms with Crippen molar-refractivity contribution in [2.75, 3.05) is 11.9 Å². The highest BCUT2D eigenvalue weighted by atomic mass is 19.3. The number of aromatic nitrogens is 3. The van der Waals surface area contributed by atoms with Crippen LogP contribution in [0.2, 0.25) is 0 Å². The van der Waals surface area contributed by atoms with Gasteiger partial charge in [-0.1, -0.05) is 30.3 Å². The van der Waals surface area contributed by atoms with Crippen molar-refractivity contribution in [2.45, 2.75) is 12.8 Å².